The highest BCUT2D eigenvalue weighted by Crippen LogP contribution is 2.16. The number of ether oxygens (including phenoxy) is 1. The van der Waals surface area contributed by atoms with Crippen LogP contribution in [0.5, 0.6) is 0 Å². The Hall–Kier alpha value is -2.17. The predicted molar refractivity (Wildman–Crippen MR) is 116 cm³/mol. The maximum atomic E-state index is 12.5. The second kappa shape index (κ2) is 11.0. The molecule has 150 valence electrons. The molecule has 0 saturated heterocycles. The molecule has 2 aromatic carbocycles. The molecular weight excluding hydrogens is 368 g/mol. The molecule has 0 aliphatic carbocycles. The molecule has 28 heavy (non-hydrogen) atoms. The molecule has 4 heteroatoms. The van der Waals surface area contributed by atoms with Crippen molar-refractivity contribution >= 4 is 9.84 Å². The summed E-state index contributed by atoms with van der Waals surface area (Å²) in [5.74, 6) is 0.0685. The van der Waals surface area contributed by atoms with E-state index in [9.17, 15) is 8.42 Å². The first-order valence-electron chi connectivity index (χ1n) is 9.59. The van der Waals surface area contributed by atoms with Crippen LogP contribution in [0.2, 0.25) is 0 Å². The quantitative estimate of drug-likeness (QED) is 0.383. The van der Waals surface area contributed by atoms with Crippen molar-refractivity contribution in [1.82, 2.24) is 0 Å². The van der Waals surface area contributed by atoms with Crippen LogP contribution in [0.4, 0.5) is 0 Å². The van der Waals surface area contributed by atoms with Crippen molar-refractivity contribution in [2.24, 2.45) is 0 Å². The van der Waals surface area contributed by atoms with Crippen molar-refractivity contribution in [3.05, 3.63) is 89.0 Å². The van der Waals surface area contributed by atoms with Crippen molar-refractivity contribution in [2.45, 2.75) is 45.1 Å². The fraction of sp³-hybridized carbons (Fsp3) is 0.333. The zero-order valence-electron chi connectivity index (χ0n) is 17.0. The Morgan fingerprint density at radius 2 is 1.61 bits per heavy atom. The average molecular weight is 399 g/mol. The van der Waals surface area contributed by atoms with Gasteiger partial charge in [0, 0.05) is 0 Å². The summed E-state index contributed by atoms with van der Waals surface area (Å²) in [7, 11) is -3.27. The van der Waals surface area contributed by atoms with Crippen LogP contribution in [0.3, 0.4) is 0 Å². The summed E-state index contributed by atoms with van der Waals surface area (Å²) in [6.07, 6.45) is 5.84. The molecule has 2 rings (SSSR count). The number of hydrogen-bond acceptors (Lipinski definition) is 3. The summed E-state index contributed by atoms with van der Waals surface area (Å²) in [5.41, 5.74) is 4.36. The highest BCUT2D eigenvalue weighted by molar-refractivity contribution is 7.91. The molecule has 0 saturated carbocycles. The minimum atomic E-state index is -3.27. The van der Waals surface area contributed by atoms with E-state index in [4.69, 9.17) is 4.74 Å². The lowest BCUT2D eigenvalue weighted by atomic mass is 10.1. The molecule has 0 amide bonds. The summed E-state index contributed by atoms with van der Waals surface area (Å²) in [4.78, 5) is 0.387. The van der Waals surface area contributed by atoms with E-state index in [2.05, 4.69) is 25.1 Å². The zero-order chi connectivity index (χ0) is 20.4. The van der Waals surface area contributed by atoms with Gasteiger partial charge in [0.1, 0.15) is 0 Å². The summed E-state index contributed by atoms with van der Waals surface area (Å²) in [6.45, 7) is 7.11. The van der Waals surface area contributed by atoms with Gasteiger partial charge in [-0.2, -0.15) is 0 Å². The van der Waals surface area contributed by atoms with Gasteiger partial charge in [-0.3, -0.25) is 0 Å². The molecule has 2 aromatic rings. The highest BCUT2D eigenvalue weighted by atomic mass is 32.2. The molecular formula is C24H30O3S. The van der Waals surface area contributed by atoms with E-state index in [1.54, 1.807) is 12.1 Å². The molecule has 0 aliphatic rings. The standard InChI is InChI=1S/C24H30O3S/c1-20(16-17-27-18-23-10-5-4-6-11-23)8-7-9-22(3)19-28(25,26)24-14-12-21(2)13-15-24/h4-6,9-16H,7-8,17-19H2,1-3H3/b20-16-,22-9-. The SMILES string of the molecule is C/C(=C/COCc1ccccc1)CC/C=C(/C)CS(=O)(=O)c1ccc(C)cc1. The molecule has 0 spiro atoms. The number of sulfone groups is 1. The number of rotatable bonds is 10. The number of hydrogen-bond donors (Lipinski definition) is 0. The lowest BCUT2D eigenvalue weighted by molar-refractivity contribution is 0.148. The van der Waals surface area contributed by atoms with Gasteiger partial charge in [0.05, 0.1) is 23.9 Å². The highest BCUT2D eigenvalue weighted by Gasteiger charge is 2.14. The third kappa shape index (κ3) is 7.83. The van der Waals surface area contributed by atoms with Crippen LogP contribution in [0.25, 0.3) is 0 Å². The first-order chi connectivity index (χ1) is 13.4. The van der Waals surface area contributed by atoms with E-state index in [-0.39, 0.29) is 5.75 Å². The Labute approximate surface area is 169 Å². The van der Waals surface area contributed by atoms with Gasteiger partial charge < -0.3 is 4.74 Å². The van der Waals surface area contributed by atoms with E-state index >= 15 is 0 Å². The average Bonchev–Trinajstić information content (AvgIpc) is 2.66. The first-order valence-corrected chi connectivity index (χ1v) is 11.2. The Bertz CT molecular complexity index is 893. The van der Waals surface area contributed by atoms with Crippen LogP contribution in [-0.4, -0.2) is 20.8 Å². The van der Waals surface area contributed by atoms with Crippen LogP contribution in [0.1, 0.15) is 37.8 Å². The van der Waals surface area contributed by atoms with Crippen LogP contribution in [-0.2, 0) is 21.2 Å². The van der Waals surface area contributed by atoms with Crippen LogP contribution in [0.15, 0.2) is 82.8 Å². The van der Waals surface area contributed by atoms with Crippen LogP contribution in [0, 0.1) is 6.92 Å². The Kier molecular flexibility index (Phi) is 8.68. The largest absolute Gasteiger partial charge is 0.373 e. The van der Waals surface area contributed by atoms with Gasteiger partial charge in [-0.15, -0.1) is 0 Å². The monoisotopic (exact) mass is 398 g/mol. The fourth-order valence-corrected chi connectivity index (χ4v) is 4.22. The minimum absolute atomic E-state index is 0.0685. The fourth-order valence-electron chi connectivity index (χ4n) is 2.79. The van der Waals surface area contributed by atoms with E-state index in [0.29, 0.717) is 18.1 Å². The number of aryl methyl sites for hydroxylation is 1. The Balaban J connectivity index is 1.75. The maximum absolute atomic E-state index is 12.5. The lowest BCUT2D eigenvalue weighted by Gasteiger charge is -2.06. The molecule has 0 fully saturated rings. The summed E-state index contributed by atoms with van der Waals surface area (Å²) >= 11 is 0. The van der Waals surface area contributed by atoms with Gasteiger partial charge in [-0.25, -0.2) is 8.42 Å². The number of benzene rings is 2. The Morgan fingerprint density at radius 3 is 2.29 bits per heavy atom. The lowest BCUT2D eigenvalue weighted by Crippen LogP contribution is -2.07. The van der Waals surface area contributed by atoms with Crippen molar-refractivity contribution in [2.75, 3.05) is 12.4 Å². The van der Waals surface area contributed by atoms with Crippen molar-refractivity contribution in [1.29, 1.82) is 0 Å². The smallest absolute Gasteiger partial charge is 0.182 e. The van der Waals surface area contributed by atoms with E-state index in [0.717, 1.165) is 24.0 Å². The third-order valence-corrected chi connectivity index (χ3v) is 6.32. The van der Waals surface area contributed by atoms with E-state index < -0.39 is 9.84 Å². The molecule has 0 aromatic heterocycles. The van der Waals surface area contributed by atoms with Crippen molar-refractivity contribution < 1.29 is 13.2 Å². The molecule has 0 aliphatic heterocycles. The normalized spacial score (nSPS) is 13.0. The van der Waals surface area contributed by atoms with Crippen LogP contribution >= 0.6 is 0 Å². The van der Waals surface area contributed by atoms with Crippen LogP contribution < -0.4 is 0 Å². The summed E-state index contributed by atoms with van der Waals surface area (Å²) in [6, 6.07) is 17.1. The second-order valence-electron chi connectivity index (χ2n) is 7.21. The van der Waals surface area contributed by atoms with Gasteiger partial charge in [0.15, 0.2) is 9.84 Å². The van der Waals surface area contributed by atoms with Gasteiger partial charge in [-0.05, 0) is 51.3 Å². The van der Waals surface area contributed by atoms with Gasteiger partial charge in [0.25, 0.3) is 0 Å². The molecule has 0 atom stereocenters. The minimum Gasteiger partial charge on any atom is -0.373 e. The molecule has 0 radical (unpaired) electrons. The maximum Gasteiger partial charge on any atom is 0.182 e. The van der Waals surface area contributed by atoms with Gasteiger partial charge in [0.2, 0.25) is 0 Å². The van der Waals surface area contributed by atoms with Gasteiger partial charge in [-0.1, -0.05) is 71.3 Å². The van der Waals surface area contributed by atoms with Gasteiger partial charge >= 0.3 is 0 Å². The van der Waals surface area contributed by atoms with E-state index in [1.807, 2.05) is 50.3 Å². The first kappa shape index (κ1) is 22.1. The van der Waals surface area contributed by atoms with Crippen molar-refractivity contribution in [3.8, 4) is 0 Å². The Morgan fingerprint density at radius 1 is 0.929 bits per heavy atom. The number of allylic oxidation sites excluding steroid dienone is 2. The molecule has 0 unspecified atom stereocenters. The second-order valence-corrected chi connectivity index (χ2v) is 9.20. The molecule has 3 nitrogen and oxygen atoms in total. The topological polar surface area (TPSA) is 43.4 Å². The molecule has 0 heterocycles. The third-order valence-electron chi connectivity index (χ3n) is 4.49. The molecule has 0 bridgehead atoms. The van der Waals surface area contributed by atoms with E-state index in [1.165, 1.54) is 11.1 Å². The zero-order valence-corrected chi connectivity index (χ0v) is 17.8. The van der Waals surface area contributed by atoms with Crippen molar-refractivity contribution in [3.63, 3.8) is 0 Å². The summed E-state index contributed by atoms with van der Waals surface area (Å²) in [5, 5.41) is 0. The molecule has 0 N–H and O–H groups in total. The predicted octanol–water partition coefficient (Wildman–Crippen LogP) is 5.66. The summed E-state index contributed by atoms with van der Waals surface area (Å²) < 4.78 is 30.6.